The van der Waals surface area contributed by atoms with E-state index in [1.54, 1.807) is 0 Å². The lowest BCUT2D eigenvalue weighted by Crippen LogP contribution is -2.54. The third-order valence-electron chi connectivity index (χ3n) is 3.52. The highest BCUT2D eigenvalue weighted by atomic mass is 16.2. The zero-order chi connectivity index (χ0) is 10.9. The minimum absolute atomic E-state index is 0.0575. The summed E-state index contributed by atoms with van der Waals surface area (Å²) >= 11 is 0. The van der Waals surface area contributed by atoms with E-state index in [4.69, 9.17) is 0 Å². The molecular formula is C11H21N3O. The maximum absolute atomic E-state index is 12.2. The van der Waals surface area contributed by atoms with Gasteiger partial charge < -0.3 is 15.1 Å². The molecule has 0 unspecified atom stereocenters. The molecule has 2 heterocycles. The van der Waals surface area contributed by atoms with E-state index < -0.39 is 0 Å². The quantitative estimate of drug-likeness (QED) is 0.646. The average Bonchev–Trinajstić information content (AvgIpc) is 2.58. The number of carbonyl (C=O) groups is 1. The lowest BCUT2D eigenvalue weighted by molar-refractivity contribution is 0.121. The molecule has 0 atom stereocenters. The summed E-state index contributed by atoms with van der Waals surface area (Å²) in [7, 11) is 0. The summed E-state index contributed by atoms with van der Waals surface area (Å²) in [5.74, 6) is 0. The van der Waals surface area contributed by atoms with Gasteiger partial charge in [0.05, 0.1) is 0 Å². The highest BCUT2D eigenvalue weighted by Crippen LogP contribution is 2.29. The Hall–Kier alpha value is -0.770. The zero-order valence-electron chi connectivity index (χ0n) is 9.75. The van der Waals surface area contributed by atoms with Gasteiger partial charge in [-0.25, -0.2) is 4.79 Å². The van der Waals surface area contributed by atoms with Gasteiger partial charge in [0.1, 0.15) is 0 Å². The summed E-state index contributed by atoms with van der Waals surface area (Å²) in [5, 5.41) is 3.27. The van der Waals surface area contributed by atoms with Gasteiger partial charge in [-0.2, -0.15) is 0 Å². The van der Waals surface area contributed by atoms with Crippen LogP contribution in [0, 0.1) is 0 Å². The van der Waals surface area contributed by atoms with Crippen LogP contribution in [-0.2, 0) is 0 Å². The molecule has 1 N–H and O–H groups in total. The standard InChI is InChI=1S/C11H21N3O/c1-11(2)4-3-7-14(11)10(15)13-8-5-12-6-9-13/h12H,3-9H2,1-2H3. The zero-order valence-corrected chi connectivity index (χ0v) is 9.75. The Morgan fingerprint density at radius 1 is 1.20 bits per heavy atom. The van der Waals surface area contributed by atoms with Crippen molar-refractivity contribution in [3.63, 3.8) is 0 Å². The maximum atomic E-state index is 12.2. The molecule has 0 radical (unpaired) electrons. The second-order valence-electron chi connectivity index (χ2n) is 5.09. The molecule has 2 rings (SSSR count). The van der Waals surface area contributed by atoms with Gasteiger partial charge in [0.15, 0.2) is 0 Å². The number of nitrogens with zero attached hydrogens (tertiary/aromatic N) is 2. The fourth-order valence-electron chi connectivity index (χ4n) is 2.49. The van der Waals surface area contributed by atoms with E-state index in [-0.39, 0.29) is 11.6 Å². The molecule has 2 aliphatic rings. The van der Waals surface area contributed by atoms with Crippen molar-refractivity contribution in [1.29, 1.82) is 0 Å². The Morgan fingerprint density at radius 2 is 1.87 bits per heavy atom. The fourth-order valence-corrected chi connectivity index (χ4v) is 2.49. The lowest BCUT2D eigenvalue weighted by Gasteiger charge is -2.37. The largest absolute Gasteiger partial charge is 0.322 e. The Bertz CT molecular complexity index is 246. The molecule has 0 spiro atoms. The van der Waals surface area contributed by atoms with Crippen molar-refractivity contribution >= 4 is 6.03 Å². The van der Waals surface area contributed by atoms with E-state index in [9.17, 15) is 4.79 Å². The number of carbonyl (C=O) groups excluding carboxylic acids is 1. The van der Waals surface area contributed by atoms with Crippen molar-refractivity contribution in [3.05, 3.63) is 0 Å². The monoisotopic (exact) mass is 211 g/mol. The minimum atomic E-state index is 0.0575. The van der Waals surface area contributed by atoms with Crippen LogP contribution >= 0.6 is 0 Å². The molecule has 2 aliphatic heterocycles. The van der Waals surface area contributed by atoms with Gasteiger partial charge in [0.25, 0.3) is 0 Å². The van der Waals surface area contributed by atoms with Gasteiger partial charge in [-0.15, -0.1) is 0 Å². The molecule has 2 amide bonds. The normalized spacial score (nSPS) is 25.7. The van der Waals surface area contributed by atoms with Crippen LogP contribution in [0.25, 0.3) is 0 Å². The van der Waals surface area contributed by atoms with E-state index in [1.807, 2.05) is 9.80 Å². The molecule has 0 bridgehead atoms. The van der Waals surface area contributed by atoms with Crippen LogP contribution in [0.2, 0.25) is 0 Å². The topological polar surface area (TPSA) is 35.6 Å². The van der Waals surface area contributed by atoms with E-state index in [2.05, 4.69) is 19.2 Å². The van der Waals surface area contributed by atoms with Gasteiger partial charge in [-0.3, -0.25) is 0 Å². The molecule has 0 aromatic carbocycles. The van der Waals surface area contributed by atoms with Crippen molar-refractivity contribution in [1.82, 2.24) is 15.1 Å². The highest BCUT2D eigenvalue weighted by Gasteiger charge is 2.37. The smallest absolute Gasteiger partial charge is 0.320 e. The summed E-state index contributed by atoms with van der Waals surface area (Å²) in [4.78, 5) is 16.3. The number of rotatable bonds is 0. The number of urea groups is 1. The van der Waals surface area contributed by atoms with Crippen LogP contribution in [0.5, 0.6) is 0 Å². The molecule has 0 saturated carbocycles. The van der Waals surface area contributed by atoms with Crippen LogP contribution in [0.3, 0.4) is 0 Å². The summed E-state index contributed by atoms with van der Waals surface area (Å²) in [6.45, 7) is 8.83. The maximum Gasteiger partial charge on any atom is 0.320 e. The molecule has 0 aromatic rings. The summed E-state index contributed by atoms with van der Waals surface area (Å²) in [5.41, 5.74) is 0.0575. The predicted molar refractivity (Wildman–Crippen MR) is 59.9 cm³/mol. The third kappa shape index (κ3) is 2.09. The summed E-state index contributed by atoms with van der Waals surface area (Å²) in [6.07, 6.45) is 2.27. The van der Waals surface area contributed by atoms with Crippen molar-refractivity contribution in [2.45, 2.75) is 32.2 Å². The molecule has 0 aliphatic carbocycles. The molecule has 0 aromatic heterocycles. The Labute approximate surface area is 91.6 Å². The molecule has 4 nitrogen and oxygen atoms in total. The molecule has 86 valence electrons. The average molecular weight is 211 g/mol. The van der Waals surface area contributed by atoms with Crippen molar-refractivity contribution in [3.8, 4) is 0 Å². The molecular weight excluding hydrogens is 190 g/mol. The Balaban J connectivity index is 2.00. The number of amides is 2. The minimum Gasteiger partial charge on any atom is -0.322 e. The van der Waals surface area contributed by atoms with E-state index >= 15 is 0 Å². The first-order chi connectivity index (χ1) is 7.11. The van der Waals surface area contributed by atoms with E-state index in [0.29, 0.717) is 0 Å². The first kappa shape index (κ1) is 10.7. The highest BCUT2D eigenvalue weighted by molar-refractivity contribution is 5.75. The van der Waals surface area contributed by atoms with Crippen molar-refractivity contribution in [2.75, 3.05) is 32.7 Å². The number of likely N-dealkylation sites (tertiary alicyclic amines) is 1. The Kier molecular flexibility index (Phi) is 2.87. The van der Waals surface area contributed by atoms with Crippen LogP contribution in [0.1, 0.15) is 26.7 Å². The molecule has 4 heteroatoms. The number of hydrogen-bond acceptors (Lipinski definition) is 2. The molecule has 15 heavy (non-hydrogen) atoms. The van der Waals surface area contributed by atoms with Gasteiger partial charge >= 0.3 is 6.03 Å². The van der Waals surface area contributed by atoms with Crippen molar-refractivity contribution in [2.24, 2.45) is 0 Å². The Morgan fingerprint density at radius 3 is 2.40 bits per heavy atom. The van der Waals surface area contributed by atoms with Crippen LogP contribution in [0.15, 0.2) is 0 Å². The van der Waals surface area contributed by atoms with E-state index in [1.165, 1.54) is 0 Å². The number of nitrogens with one attached hydrogen (secondary N) is 1. The van der Waals surface area contributed by atoms with Gasteiger partial charge in [-0.05, 0) is 26.7 Å². The van der Waals surface area contributed by atoms with E-state index in [0.717, 1.165) is 45.6 Å². The predicted octanol–water partition coefficient (Wildman–Crippen LogP) is 0.886. The second-order valence-corrected chi connectivity index (χ2v) is 5.09. The SMILES string of the molecule is CC1(C)CCCN1C(=O)N1CCNCC1. The first-order valence-corrected chi connectivity index (χ1v) is 5.88. The molecule has 2 fully saturated rings. The van der Waals surface area contributed by atoms with Crippen molar-refractivity contribution < 1.29 is 4.79 Å². The fraction of sp³-hybridized carbons (Fsp3) is 0.909. The summed E-state index contributed by atoms with van der Waals surface area (Å²) < 4.78 is 0. The third-order valence-corrected chi connectivity index (χ3v) is 3.52. The van der Waals surface area contributed by atoms with Gasteiger partial charge in [0.2, 0.25) is 0 Å². The first-order valence-electron chi connectivity index (χ1n) is 5.88. The van der Waals surface area contributed by atoms with Crippen LogP contribution < -0.4 is 5.32 Å². The van der Waals surface area contributed by atoms with Gasteiger partial charge in [0, 0.05) is 38.3 Å². The number of piperazine rings is 1. The van der Waals surface area contributed by atoms with Crippen LogP contribution in [0.4, 0.5) is 4.79 Å². The second kappa shape index (κ2) is 4.00. The number of hydrogen-bond donors (Lipinski definition) is 1. The summed E-state index contributed by atoms with van der Waals surface area (Å²) in [6, 6.07) is 0.235. The lowest BCUT2D eigenvalue weighted by atomic mass is 10.0. The van der Waals surface area contributed by atoms with Crippen LogP contribution in [-0.4, -0.2) is 54.1 Å². The molecule has 2 saturated heterocycles. The van der Waals surface area contributed by atoms with Gasteiger partial charge in [-0.1, -0.05) is 0 Å².